The number of rotatable bonds is 2. The first-order valence-electron chi connectivity index (χ1n) is 4.44. The SMILES string of the molecule is O=CC1(CO)Cc2ccccc2C1. The lowest BCUT2D eigenvalue weighted by Gasteiger charge is -2.17. The lowest BCUT2D eigenvalue weighted by atomic mass is 9.88. The molecule has 1 N–H and O–H groups in total. The zero-order valence-electron chi connectivity index (χ0n) is 7.36. The average Bonchev–Trinajstić information content (AvgIpc) is 2.57. The van der Waals surface area contributed by atoms with Crippen molar-refractivity contribution in [3.63, 3.8) is 0 Å². The maximum atomic E-state index is 10.9. The van der Waals surface area contributed by atoms with E-state index in [4.69, 9.17) is 5.11 Å². The predicted octanol–water partition coefficient (Wildman–Crippen LogP) is 0.963. The lowest BCUT2D eigenvalue weighted by molar-refractivity contribution is -0.117. The van der Waals surface area contributed by atoms with Gasteiger partial charge in [-0.3, -0.25) is 0 Å². The Labute approximate surface area is 77.2 Å². The maximum Gasteiger partial charge on any atom is 0.129 e. The molecule has 1 aliphatic rings. The molecule has 0 spiro atoms. The second-order valence-corrected chi connectivity index (χ2v) is 3.76. The van der Waals surface area contributed by atoms with Crippen LogP contribution < -0.4 is 0 Å². The molecule has 0 amide bonds. The molecular weight excluding hydrogens is 164 g/mol. The minimum absolute atomic E-state index is 0.0504. The van der Waals surface area contributed by atoms with Gasteiger partial charge in [0.2, 0.25) is 0 Å². The van der Waals surface area contributed by atoms with E-state index in [0.29, 0.717) is 12.8 Å². The van der Waals surface area contributed by atoms with Gasteiger partial charge in [0.05, 0.1) is 12.0 Å². The topological polar surface area (TPSA) is 37.3 Å². The molecular formula is C11H12O2. The number of carbonyl (C=O) groups excluding carboxylic acids is 1. The molecule has 0 radical (unpaired) electrons. The van der Waals surface area contributed by atoms with E-state index in [2.05, 4.69) is 0 Å². The van der Waals surface area contributed by atoms with Gasteiger partial charge >= 0.3 is 0 Å². The number of aldehydes is 1. The van der Waals surface area contributed by atoms with Gasteiger partial charge < -0.3 is 9.90 Å². The highest BCUT2D eigenvalue weighted by Gasteiger charge is 2.36. The van der Waals surface area contributed by atoms with Crippen LogP contribution in [0.25, 0.3) is 0 Å². The minimum atomic E-state index is -0.538. The minimum Gasteiger partial charge on any atom is -0.395 e. The molecule has 0 bridgehead atoms. The Morgan fingerprint density at radius 1 is 1.31 bits per heavy atom. The molecule has 13 heavy (non-hydrogen) atoms. The summed E-state index contributed by atoms with van der Waals surface area (Å²) in [4.78, 5) is 10.9. The molecule has 0 fully saturated rings. The monoisotopic (exact) mass is 176 g/mol. The average molecular weight is 176 g/mol. The van der Waals surface area contributed by atoms with Crippen molar-refractivity contribution >= 4 is 6.29 Å². The maximum absolute atomic E-state index is 10.9. The number of aliphatic hydroxyl groups is 1. The van der Waals surface area contributed by atoms with E-state index in [9.17, 15) is 4.79 Å². The van der Waals surface area contributed by atoms with Crippen LogP contribution in [0.2, 0.25) is 0 Å². The van der Waals surface area contributed by atoms with Crippen molar-refractivity contribution in [2.45, 2.75) is 12.8 Å². The molecule has 0 atom stereocenters. The highest BCUT2D eigenvalue weighted by Crippen LogP contribution is 2.34. The van der Waals surface area contributed by atoms with Crippen molar-refractivity contribution in [2.24, 2.45) is 5.41 Å². The molecule has 68 valence electrons. The number of carbonyl (C=O) groups is 1. The number of fused-ring (bicyclic) bond motifs is 1. The molecule has 0 saturated heterocycles. The summed E-state index contributed by atoms with van der Waals surface area (Å²) in [5, 5.41) is 9.16. The first-order chi connectivity index (χ1) is 6.29. The number of aliphatic hydroxyl groups excluding tert-OH is 1. The van der Waals surface area contributed by atoms with Gasteiger partial charge in [0.15, 0.2) is 0 Å². The molecule has 1 aromatic carbocycles. The van der Waals surface area contributed by atoms with Crippen LogP contribution in [0.5, 0.6) is 0 Å². The quantitative estimate of drug-likeness (QED) is 0.681. The van der Waals surface area contributed by atoms with E-state index in [1.165, 1.54) is 11.1 Å². The first-order valence-corrected chi connectivity index (χ1v) is 4.44. The number of hydrogen-bond acceptors (Lipinski definition) is 2. The van der Waals surface area contributed by atoms with Crippen LogP contribution in [0.1, 0.15) is 11.1 Å². The van der Waals surface area contributed by atoms with Crippen LogP contribution in [0, 0.1) is 5.41 Å². The largest absolute Gasteiger partial charge is 0.395 e. The molecule has 0 aliphatic heterocycles. The Kier molecular flexibility index (Phi) is 1.93. The Morgan fingerprint density at radius 3 is 2.23 bits per heavy atom. The summed E-state index contributed by atoms with van der Waals surface area (Å²) in [5.74, 6) is 0. The Bertz CT molecular complexity index is 306. The summed E-state index contributed by atoms with van der Waals surface area (Å²) in [6, 6.07) is 7.99. The molecule has 2 heteroatoms. The lowest BCUT2D eigenvalue weighted by Crippen LogP contribution is -2.27. The summed E-state index contributed by atoms with van der Waals surface area (Å²) in [6.45, 7) is -0.0504. The van der Waals surface area contributed by atoms with E-state index >= 15 is 0 Å². The van der Waals surface area contributed by atoms with Gasteiger partial charge in [0, 0.05) is 0 Å². The third-order valence-electron chi connectivity index (χ3n) is 2.77. The van der Waals surface area contributed by atoms with Gasteiger partial charge in [0.1, 0.15) is 6.29 Å². The van der Waals surface area contributed by atoms with E-state index in [1.807, 2.05) is 24.3 Å². The smallest absolute Gasteiger partial charge is 0.129 e. The molecule has 0 unspecified atom stereocenters. The molecule has 2 rings (SSSR count). The number of benzene rings is 1. The van der Waals surface area contributed by atoms with Gasteiger partial charge in [-0.05, 0) is 24.0 Å². The highest BCUT2D eigenvalue weighted by atomic mass is 16.3. The molecule has 0 aromatic heterocycles. The van der Waals surface area contributed by atoms with Crippen LogP contribution in [-0.4, -0.2) is 18.0 Å². The van der Waals surface area contributed by atoms with Crippen molar-refractivity contribution in [1.29, 1.82) is 0 Å². The van der Waals surface area contributed by atoms with Crippen molar-refractivity contribution in [2.75, 3.05) is 6.61 Å². The number of hydrogen-bond donors (Lipinski definition) is 1. The van der Waals surface area contributed by atoms with Crippen LogP contribution >= 0.6 is 0 Å². The highest BCUT2D eigenvalue weighted by molar-refractivity contribution is 5.64. The molecule has 0 heterocycles. The third kappa shape index (κ3) is 1.27. The van der Waals surface area contributed by atoms with Crippen molar-refractivity contribution in [3.8, 4) is 0 Å². The van der Waals surface area contributed by atoms with Crippen LogP contribution in [0.3, 0.4) is 0 Å². The Morgan fingerprint density at radius 2 is 1.85 bits per heavy atom. The van der Waals surface area contributed by atoms with Crippen LogP contribution in [0.15, 0.2) is 24.3 Å². The summed E-state index contributed by atoms with van der Waals surface area (Å²) in [5.41, 5.74) is 1.86. The summed E-state index contributed by atoms with van der Waals surface area (Å²) >= 11 is 0. The summed E-state index contributed by atoms with van der Waals surface area (Å²) in [6.07, 6.45) is 2.26. The standard InChI is InChI=1S/C11H12O2/c12-7-11(8-13)5-9-3-1-2-4-10(9)6-11/h1-4,7,13H,5-6,8H2. The van der Waals surface area contributed by atoms with Crippen molar-refractivity contribution < 1.29 is 9.90 Å². The molecule has 1 aliphatic carbocycles. The van der Waals surface area contributed by atoms with Crippen LogP contribution in [0.4, 0.5) is 0 Å². The molecule has 1 aromatic rings. The Balaban J connectivity index is 2.35. The van der Waals surface area contributed by atoms with Gasteiger partial charge in [-0.15, -0.1) is 0 Å². The fraction of sp³-hybridized carbons (Fsp3) is 0.364. The van der Waals surface area contributed by atoms with E-state index in [0.717, 1.165) is 6.29 Å². The van der Waals surface area contributed by atoms with Crippen molar-refractivity contribution in [3.05, 3.63) is 35.4 Å². The van der Waals surface area contributed by atoms with Crippen molar-refractivity contribution in [1.82, 2.24) is 0 Å². The normalized spacial score (nSPS) is 18.2. The predicted molar refractivity (Wildman–Crippen MR) is 49.4 cm³/mol. The summed E-state index contributed by atoms with van der Waals surface area (Å²) in [7, 11) is 0. The third-order valence-corrected chi connectivity index (χ3v) is 2.77. The van der Waals surface area contributed by atoms with Gasteiger partial charge in [-0.1, -0.05) is 24.3 Å². The van der Waals surface area contributed by atoms with E-state index in [1.54, 1.807) is 0 Å². The zero-order chi connectivity index (χ0) is 9.31. The van der Waals surface area contributed by atoms with Gasteiger partial charge in [0.25, 0.3) is 0 Å². The van der Waals surface area contributed by atoms with E-state index < -0.39 is 5.41 Å². The first kappa shape index (κ1) is 8.45. The fourth-order valence-corrected chi connectivity index (χ4v) is 1.96. The van der Waals surface area contributed by atoms with Gasteiger partial charge in [-0.2, -0.15) is 0 Å². The molecule has 2 nitrogen and oxygen atoms in total. The summed E-state index contributed by atoms with van der Waals surface area (Å²) < 4.78 is 0. The van der Waals surface area contributed by atoms with Crippen LogP contribution in [-0.2, 0) is 17.6 Å². The van der Waals surface area contributed by atoms with E-state index in [-0.39, 0.29) is 6.61 Å². The molecule has 0 saturated carbocycles. The second-order valence-electron chi connectivity index (χ2n) is 3.76. The van der Waals surface area contributed by atoms with Gasteiger partial charge in [-0.25, -0.2) is 0 Å². The second kappa shape index (κ2) is 2.96. The fourth-order valence-electron chi connectivity index (χ4n) is 1.96. The zero-order valence-corrected chi connectivity index (χ0v) is 7.36. The Hall–Kier alpha value is -1.15.